The standard InChI is InChI=1S/C10H12N4O5/c1-12-7-6(8(17)13(2)10(12)18)14(4-5(15)16)9(11-7)19-3/h4H2,1-3H3,(H,15,16). The number of nitrogens with zero attached hydrogens (tertiary/aromatic N) is 4. The lowest BCUT2D eigenvalue weighted by atomic mass is 10.5. The van der Waals surface area contributed by atoms with Crippen molar-refractivity contribution in [3.63, 3.8) is 0 Å². The van der Waals surface area contributed by atoms with E-state index in [0.29, 0.717) is 0 Å². The largest absolute Gasteiger partial charge is 0.480 e. The molecule has 0 amide bonds. The topological polar surface area (TPSA) is 108 Å². The van der Waals surface area contributed by atoms with Crippen LogP contribution in [0.4, 0.5) is 0 Å². The molecule has 0 radical (unpaired) electrons. The van der Waals surface area contributed by atoms with Crippen LogP contribution < -0.4 is 16.0 Å². The summed E-state index contributed by atoms with van der Waals surface area (Å²) in [6, 6.07) is -0.0318. The Hall–Kier alpha value is -2.58. The predicted molar refractivity (Wildman–Crippen MR) is 64.4 cm³/mol. The van der Waals surface area contributed by atoms with Crippen molar-refractivity contribution in [3.05, 3.63) is 20.8 Å². The number of imidazole rings is 1. The molecule has 2 aromatic heterocycles. The highest BCUT2D eigenvalue weighted by Gasteiger charge is 2.20. The van der Waals surface area contributed by atoms with Gasteiger partial charge in [0.15, 0.2) is 11.2 Å². The third-order valence-electron chi connectivity index (χ3n) is 2.79. The van der Waals surface area contributed by atoms with Gasteiger partial charge >= 0.3 is 11.7 Å². The lowest BCUT2D eigenvalue weighted by Crippen LogP contribution is -2.37. The van der Waals surface area contributed by atoms with E-state index in [-0.39, 0.29) is 17.2 Å². The number of aromatic nitrogens is 4. The molecule has 0 aromatic carbocycles. The number of carboxylic acid groups (broad SMARTS) is 1. The SMILES string of the molecule is COc1nc2c(c(=O)n(C)c(=O)n2C)n1CC(=O)O. The van der Waals surface area contributed by atoms with E-state index in [0.717, 1.165) is 13.7 Å². The Morgan fingerprint density at radius 1 is 1.32 bits per heavy atom. The van der Waals surface area contributed by atoms with Crippen molar-refractivity contribution in [1.82, 2.24) is 18.7 Å². The maximum Gasteiger partial charge on any atom is 0.332 e. The Bertz CT molecular complexity index is 782. The van der Waals surface area contributed by atoms with E-state index >= 15 is 0 Å². The van der Waals surface area contributed by atoms with Gasteiger partial charge in [0.05, 0.1) is 7.11 Å². The lowest BCUT2D eigenvalue weighted by Gasteiger charge is -2.05. The predicted octanol–water partition coefficient (Wildman–Crippen LogP) is -1.47. The highest BCUT2D eigenvalue weighted by molar-refractivity contribution is 5.75. The average Bonchev–Trinajstić information content (AvgIpc) is 2.71. The zero-order valence-electron chi connectivity index (χ0n) is 10.6. The Balaban J connectivity index is 2.99. The minimum atomic E-state index is -1.14. The van der Waals surface area contributed by atoms with Gasteiger partial charge in [-0.2, -0.15) is 4.98 Å². The van der Waals surface area contributed by atoms with Crippen molar-refractivity contribution in [2.45, 2.75) is 6.54 Å². The molecule has 19 heavy (non-hydrogen) atoms. The molecule has 2 rings (SSSR count). The van der Waals surface area contributed by atoms with E-state index in [1.165, 1.54) is 21.2 Å². The van der Waals surface area contributed by atoms with Gasteiger partial charge in [-0.3, -0.25) is 23.3 Å². The Kier molecular flexibility index (Phi) is 2.89. The second kappa shape index (κ2) is 4.26. The molecule has 0 aliphatic rings. The minimum absolute atomic E-state index is 0.0175. The smallest absolute Gasteiger partial charge is 0.332 e. The van der Waals surface area contributed by atoms with Crippen LogP contribution in [0.1, 0.15) is 0 Å². The minimum Gasteiger partial charge on any atom is -0.480 e. The number of methoxy groups -OCH3 is 1. The summed E-state index contributed by atoms with van der Waals surface area (Å²) < 4.78 is 8.13. The normalized spacial score (nSPS) is 10.9. The fraction of sp³-hybridized carbons (Fsp3) is 0.400. The van der Waals surface area contributed by atoms with E-state index in [9.17, 15) is 14.4 Å². The molecule has 102 valence electrons. The van der Waals surface area contributed by atoms with Crippen LogP contribution >= 0.6 is 0 Å². The number of rotatable bonds is 3. The van der Waals surface area contributed by atoms with Crippen molar-refractivity contribution < 1.29 is 14.6 Å². The average molecular weight is 268 g/mol. The summed E-state index contributed by atoms with van der Waals surface area (Å²) in [7, 11) is 4.07. The highest BCUT2D eigenvalue weighted by Crippen LogP contribution is 2.16. The molecule has 0 bridgehead atoms. The number of carboxylic acids is 1. The Morgan fingerprint density at radius 3 is 2.47 bits per heavy atom. The lowest BCUT2D eigenvalue weighted by molar-refractivity contribution is -0.137. The van der Waals surface area contributed by atoms with Crippen LogP contribution in [0.3, 0.4) is 0 Å². The van der Waals surface area contributed by atoms with Crippen molar-refractivity contribution in [2.24, 2.45) is 14.1 Å². The monoisotopic (exact) mass is 268 g/mol. The summed E-state index contributed by atoms with van der Waals surface area (Å²) in [5.74, 6) is -1.14. The number of aryl methyl sites for hydroxylation is 1. The first-order valence-electron chi connectivity index (χ1n) is 5.30. The molecule has 2 aromatic rings. The number of carbonyl (C=O) groups is 1. The van der Waals surface area contributed by atoms with Gasteiger partial charge in [-0.25, -0.2) is 4.79 Å². The van der Waals surface area contributed by atoms with Gasteiger partial charge in [-0.05, 0) is 0 Å². The van der Waals surface area contributed by atoms with E-state index < -0.39 is 23.8 Å². The molecule has 0 saturated carbocycles. The molecule has 9 nitrogen and oxygen atoms in total. The fourth-order valence-electron chi connectivity index (χ4n) is 1.86. The maximum atomic E-state index is 12.1. The first kappa shape index (κ1) is 12.9. The molecule has 0 unspecified atom stereocenters. The van der Waals surface area contributed by atoms with Gasteiger partial charge in [0.2, 0.25) is 0 Å². The summed E-state index contributed by atoms with van der Waals surface area (Å²) in [4.78, 5) is 38.6. The van der Waals surface area contributed by atoms with Crippen LogP contribution in [0, 0.1) is 0 Å². The summed E-state index contributed by atoms with van der Waals surface area (Å²) in [6.07, 6.45) is 0. The molecule has 1 N–H and O–H groups in total. The van der Waals surface area contributed by atoms with E-state index in [4.69, 9.17) is 9.84 Å². The quantitative estimate of drug-likeness (QED) is 0.727. The zero-order valence-corrected chi connectivity index (χ0v) is 10.6. The number of ether oxygens (including phenoxy) is 1. The first-order valence-corrected chi connectivity index (χ1v) is 5.30. The van der Waals surface area contributed by atoms with Gasteiger partial charge in [-0.15, -0.1) is 0 Å². The number of fused-ring (bicyclic) bond motifs is 1. The van der Waals surface area contributed by atoms with E-state index in [1.807, 2.05) is 0 Å². The molecule has 0 fully saturated rings. The van der Waals surface area contributed by atoms with Crippen LogP contribution in [-0.2, 0) is 25.4 Å². The third-order valence-corrected chi connectivity index (χ3v) is 2.79. The van der Waals surface area contributed by atoms with Crippen LogP contribution in [0.2, 0.25) is 0 Å². The molecule has 2 heterocycles. The van der Waals surface area contributed by atoms with Gasteiger partial charge in [-0.1, -0.05) is 0 Å². The van der Waals surface area contributed by atoms with E-state index in [1.54, 1.807) is 0 Å². The summed E-state index contributed by atoms with van der Waals surface area (Å²) in [6.45, 7) is -0.479. The van der Waals surface area contributed by atoms with Crippen LogP contribution in [-0.4, -0.2) is 36.9 Å². The Morgan fingerprint density at radius 2 is 1.95 bits per heavy atom. The van der Waals surface area contributed by atoms with Gasteiger partial charge in [0.25, 0.3) is 11.6 Å². The molecule has 0 atom stereocenters. The fourth-order valence-corrected chi connectivity index (χ4v) is 1.86. The van der Waals surface area contributed by atoms with Crippen LogP contribution in [0.15, 0.2) is 9.59 Å². The summed E-state index contributed by atoms with van der Waals surface area (Å²) >= 11 is 0. The number of hydrogen-bond acceptors (Lipinski definition) is 5. The molecule has 0 aliphatic heterocycles. The van der Waals surface area contributed by atoms with Crippen LogP contribution in [0.25, 0.3) is 11.2 Å². The van der Waals surface area contributed by atoms with E-state index in [2.05, 4.69) is 4.98 Å². The molecule has 0 aliphatic carbocycles. The third kappa shape index (κ3) is 1.79. The number of hydrogen-bond donors (Lipinski definition) is 1. The number of aliphatic carboxylic acids is 1. The molecular weight excluding hydrogens is 256 g/mol. The summed E-state index contributed by atoms with van der Waals surface area (Å²) in [5.41, 5.74) is -1.05. The molecular formula is C10H12N4O5. The maximum absolute atomic E-state index is 12.1. The van der Waals surface area contributed by atoms with Gasteiger partial charge < -0.3 is 9.84 Å². The van der Waals surface area contributed by atoms with Crippen molar-refractivity contribution in [2.75, 3.05) is 7.11 Å². The molecule has 0 saturated heterocycles. The summed E-state index contributed by atoms with van der Waals surface area (Å²) in [5, 5.41) is 8.87. The zero-order chi connectivity index (χ0) is 14.3. The van der Waals surface area contributed by atoms with Crippen molar-refractivity contribution in [1.29, 1.82) is 0 Å². The first-order chi connectivity index (χ1) is 8.88. The van der Waals surface area contributed by atoms with Gasteiger partial charge in [0, 0.05) is 14.1 Å². The van der Waals surface area contributed by atoms with Gasteiger partial charge in [0.1, 0.15) is 6.54 Å². The van der Waals surface area contributed by atoms with Crippen LogP contribution in [0.5, 0.6) is 6.01 Å². The highest BCUT2D eigenvalue weighted by atomic mass is 16.5. The molecule has 0 spiro atoms. The second-order valence-corrected chi connectivity index (χ2v) is 3.96. The molecule has 9 heteroatoms. The second-order valence-electron chi connectivity index (χ2n) is 3.96. The van der Waals surface area contributed by atoms with Crippen molar-refractivity contribution in [3.8, 4) is 6.01 Å². The van der Waals surface area contributed by atoms with Crippen molar-refractivity contribution >= 4 is 17.1 Å². The Labute approximate surface area is 106 Å².